The van der Waals surface area contributed by atoms with Gasteiger partial charge in [-0.05, 0) is 58.2 Å². The molecule has 0 radical (unpaired) electrons. The van der Waals surface area contributed by atoms with Crippen LogP contribution in [0.2, 0.25) is 0 Å². The van der Waals surface area contributed by atoms with Crippen LogP contribution in [-0.2, 0) is 19.6 Å². The van der Waals surface area contributed by atoms with E-state index in [1.807, 2.05) is 13.8 Å². The predicted octanol–water partition coefficient (Wildman–Crippen LogP) is 1.94. The Morgan fingerprint density at radius 3 is 2.68 bits per heavy atom. The molecule has 0 aliphatic carbocycles. The van der Waals surface area contributed by atoms with Crippen LogP contribution >= 0.6 is 0 Å². The number of hydrogen-bond acceptors (Lipinski definition) is 5. The van der Waals surface area contributed by atoms with E-state index in [1.54, 1.807) is 31.2 Å². The van der Waals surface area contributed by atoms with Crippen molar-refractivity contribution in [3.8, 4) is 0 Å². The highest BCUT2D eigenvalue weighted by Crippen LogP contribution is 2.19. The van der Waals surface area contributed by atoms with Gasteiger partial charge >= 0.3 is 5.97 Å². The molecule has 1 aliphatic rings. The van der Waals surface area contributed by atoms with Crippen LogP contribution in [0, 0.1) is 12.8 Å². The SMILES string of the molecule is CCOC(=O)C(C)N1CCCC(CNS(=O)(=O)c2ccc(C)cc2)C1. The summed E-state index contributed by atoms with van der Waals surface area (Å²) in [6.45, 7) is 7.84. The second-order valence-corrected chi connectivity index (χ2v) is 8.36. The molecular weight excluding hydrogens is 340 g/mol. The fraction of sp³-hybridized carbons (Fsp3) is 0.611. The molecule has 25 heavy (non-hydrogen) atoms. The van der Waals surface area contributed by atoms with E-state index in [1.165, 1.54) is 0 Å². The highest BCUT2D eigenvalue weighted by atomic mass is 32.2. The Morgan fingerprint density at radius 2 is 2.04 bits per heavy atom. The molecule has 2 unspecified atom stereocenters. The van der Waals surface area contributed by atoms with Crippen LogP contribution in [0.15, 0.2) is 29.2 Å². The van der Waals surface area contributed by atoms with E-state index in [9.17, 15) is 13.2 Å². The zero-order valence-electron chi connectivity index (χ0n) is 15.2. The average Bonchev–Trinajstić information content (AvgIpc) is 2.60. The van der Waals surface area contributed by atoms with Gasteiger partial charge in [-0.25, -0.2) is 13.1 Å². The van der Waals surface area contributed by atoms with Gasteiger partial charge in [0.2, 0.25) is 10.0 Å². The van der Waals surface area contributed by atoms with E-state index in [0.717, 1.165) is 24.9 Å². The zero-order chi connectivity index (χ0) is 18.4. The van der Waals surface area contributed by atoms with E-state index in [0.29, 0.717) is 19.7 Å². The molecule has 1 aliphatic heterocycles. The number of rotatable bonds is 7. The molecule has 0 aromatic heterocycles. The number of benzene rings is 1. The summed E-state index contributed by atoms with van der Waals surface area (Å²) in [5, 5.41) is 0. The number of hydrogen-bond donors (Lipinski definition) is 1. The van der Waals surface area contributed by atoms with Crippen LogP contribution in [0.3, 0.4) is 0 Å². The van der Waals surface area contributed by atoms with E-state index >= 15 is 0 Å². The third-order valence-electron chi connectivity index (χ3n) is 4.62. The maximum atomic E-state index is 12.4. The van der Waals surface area contributed by atoms with Gasteiger partial charge in [0.15, 0.2) is 0 Å². The highest BCUT2D eigenvalue weighted by molar-refractivity contribution is 7.89. The van der Waals surface area contributed by atoms with Crippen molar-refractivity contribution in [1.82, 2.24) is 9.62 Å². The molecule has 1 aromatic rings. The van der Waals surface area contributed by atoms with Crippen molar-refractivity contribution in [3.05, 3.63) is 29.8 Å². The van der Waals surface area contributed by atoms with Crippen molar-refractivity contribution in [1.29, 1.82) is 0 Å². The minimum absolute atomic E-state index is 0.186. The molecule has 1 saturated heterocycles. The van der Waals surface area contributed by atoms with Crippen LogP contribution in [0.25, 0.3) is 0 Å². The number of carbonyl (C=O) groups is 1. The Balaban J connectivity index is 1.92. The molecule has 140 valence electrons. The van der Waals surface area contributed by atoms with Crippen molar-refractivity contribution in [2.24, 2.45) is 5.92 Å². The minimum Gasteiger partial charge on any atom is -0.465 e. The summed E-state index contributed by atoms with van der Waals surface area (Å²) in [6, 6.07) is 6.52. The molecule has 0 saturated carbocycles. The van der Waals surface area contributed by atoms with Crippen molar-refractivity contribution >= 4 is 16.0 Å². The molecule has 1 fully saturated rings. The van der Waals surface area contributed by atoms with Gasteiger partial charge in [0.1, 0.15) is 6.04 Å². The maximum absolute atomic E-state index is 12.4. The summed E-state index contributed by atoms with van der Waals surface area (Å²) < 4.78 is 32.6. The van der Waals surface area contributed by atoms with E-state index < -0.39 is 10.0 Å². The second kappa shape index (κ2) is 8.78. The summed E-state index contributed by atoms with van der Waals surface area (Å²) in [5.74, 6) is -0.0331. The van der Waals surface area contributed by atoms with Crippen molar-refractivity contribution in [2.75, 3.05) is 26.2 Å². The highest BCUT2D eigenvalue weighted by Gasteiger charge is 2.29. The largest absolute Gasteiger partial charge is 0.465 e. The fourth-order valence-corrected chi connectivity index (χ4v) is 4.17. The summed E-state index contributed by atoms with van der Waals surface area (Å²) in [7, 11) is -3.50. The third kappa shape index (κ3) is 5.52. The zero-order valence-corrected chi connectivity index (χ0v) is 16.0. The fourth-order valence-electron chi connectivity index (χ4n) is 3.06. The predicted molar refractivity (Wildman–Crippen MR) is 96.8 cm³/mol. The lowest BCUT2D eigenvalue weighted by molar-refractivity contribution is -0.149. The van der Waals surface area contributed by atoms with Gasteiger partial charge in [0.05, 0.1) is 11.5 Å². The normalized spacial score (nSPS) is 20.2. The van der Waals surface area contributed by atoms with Gasteiger partial charge in [0.25, 0.3) is 0 Å². The molecule has 0 spiro atoms. The first-order chi connectivity index (χ1) is 11.8. The summed E-state index contributed by atoms with van der Waals surface area (Å²) in [6.07, 6.45) is 1.89. The lowest BCUT2D eigenvalue weighted by Crippen LogP contribution is -2.47. The average molecular weight is 368 g/mol. The van der Waals surface area contributed by atoms with Crippen LogP contribution in [0.4, 0.5) is 0 Å². The Morgan fingerprint density at radius 1 is 1.36 bits per heavy atom. The van der Waals surface area contributed by atoms with Crippen LogP contribution < -0.4 is 4.72 Å². The van der Waals surface area contributed by atoms with Gasteiger partial charge in [0, 0.05) is 13.1 Å². The molecule has 6 nitrogen and oxygen atoms in total. The number of ether oxygens (including phenoxy) is 1. The lowest BCUT2D eigenvalue weighted by Gasteiger charge is -2.35. The second-order valence-electron chi connectivity index (χ2n) is 6.60. The Hall–Kier alpha value is -1.44. The van der Waals surface area contributed by atoms with E-state index in [-0.39, 0.29) is 22.8 Å². The van der Waals surface area contributed by atoms with E-state index in [4.69, 9.17) is 4.74 Å². The third-order valence-corrected chi connectivity index (χ3v) is 6.06. The Labute approximate surface area is 150 Å². The number of likely N-dealkylation sites (tertiary alicyclic amines) is 1. The van der Waals surface area contributed by atoms with Gasteiger partial charge in [-0.15, -0.1) is 0 Å². The standard InChI is InChI=1S/C18H28N2O4S/c1-4-24-18(21)15(3)20-11-5-6-16(13-20)12-19-25(22,23)17-9-7-14(2)8-10-17/h7-10,15-16,19H,4-6,11-13H2,1-3H3. The van der Waals surface area contributed by atoms with Crippen LogP contribution in [0.5, 0.6) is 0 Å². The lowest BCUT2D eigenvalue weighted by atomic mass is 9.97. The first kappa shape index (κ1) is 19.9. The van der Waals surface area contributed by atoms with Crippen LogP contribution in [0.1, 0.15) is 32.3 Å². The number of nitrogens with one attached hydrogen (secondary N) is 1. The quantitative estimate of drug-likeness (QED) is 0.745. The monoisotopic (exact) mass is 368 g/mol. The Kier molecular flexibility index (Phi) is 6.98. The number of sulfonamides is 1. The minimum atomic E-state index is -3.50. The van der Waals surface area contributed by atoms with Crippen LogP contribution in [-0.4, -0.2) is 51.6 Å². The van der Waals surface area contributed by atoms with Gasteiger partial charge in [-0.2, -0.15) is 0 Å². The number of esters is 1. The van der Waals surface area contributed by atoms with Gasteiger partial charge in [-0.1, -0.05) is 17.7 Å². The summed E-state index contributed by atoms with van der Waals surface area (Å²) >= 11 is 0. The van der Waals surface area contributed by atoms with Crippen molar-refractivity contribution < 1.29 is 17.9 Å². The molecule has 7 heteroatoms. The van der Waals surface area contributed by atoms with Crippen molar-refractivity contribution in [2.45, 2.75) is 44.6 Å². The number of carbonyl (C=O) groups excluding carboxylic acids is 1. The summed E-state index contributed by atoms with van der Waals surface area (Å²) in [4.78, 5) is 14.3. The molecule has 1 heterocycles. The van der Waals surface area contributed by atoms with Gasteiger partial charge in [-0.3, -0.25) is 9.69 Å². The smallest absolute Gasteiger partial charge is 0.323 e. The van der Waals surface area contributed by atoms with Crippen molar-refractivity contribution in [3.63, 3.8) is 0 Å². The molecule has 1 N–H and O–H groups in total. The topological polar surface area (TPSA) is 75.7 Å². The number of aryl methyl sites for hydroxylation is 1. The van der Waals surface area contributed by atoms with E-state index in [2.05, 4.69) is 9.62 Å². The molecule has 0 amide bonds. The number of piperidine rings is 1. The molecule has 0 bridgehead atoms. The maximum Gasteiger partial charge on any atom is 0.323 e. The molecule has 2 rings (SSSR count). The summed E-state index contributed by atoms with van der Waals surface area (Å²) in [5.41, 5.74) is 1.02. The number of nitrogens with zero attached hydrogens (tertiary/aromatic N) is 1. The first-order valence-corrected chi connectivity index (χ1v) is 10.3. The molecular formula is C18H28N2O4S. The molecule has 1 aromatic carbocycles. The molecule has 2 atom stereocenters. The Bertz CT molecular complexity index is 673. The van der Waals surface area contributed by atoms with Gasteiger partial charge < -0.3 is 4.74 Å². The first-order valence-electron chi connectivity index (χ1n) is 8.80.